The zero-order valence-corrected chi connectivity index (χ0v) is 16.9. The third-order valence-corrected chi connectivity index (χ3v) is 5.18. The van der Waals surface area contributed by atoms with E-state index in [9.17, 15) is 4.79 Å². The van der Waals surface area contributed by atoms with E-state index < -0.39 is 0 Å². The van der Waals surface area contributed by atoms with Crippen LogP contribution in [0.3, 0.4) is 0 Å². The highest BCUT2D eigenvalue weighted by Crippen LogP contribution is 2.24. The lowest BCUT2D eigenvalue weighted by Gasteiger charge is -2.08. The van der Waals surface area contributed by atoms with Gasteiger partial charge < -0.3 is 14.8 Å². The number of ether oxygens (including phenoxy) is 2. The fourth-order valence-corrected chi connectivity index (χ4v) is 3.49. The maximum atomic E-state index is 12.0. The van der Waals surface area contributed by atoms with Crippen LogP contribution in [0.4, 0.5) is 0 Å². The zero-order valence-electron chi connectivity index (χ0n) is 16.1. The maximum Gasteiger partial charge on any atom is 0.257 e. The quantitative estimate of drug-likeness (QED) is 0.591. The van der Waals surface area contributed by atoms with Gasteiger partial charge in [0, 0.05) is 23.9 Å². The van der Waals surface area contributed by atoms with Gasteiger partial charge in [0.15, 0.2) is 6.61 Å². The first kappa shape index (κ1) is 19.9. The van der Waals surface area contributed by atoms with Crippen molar-refractivity contribution in [2.45, 2.75) is 19.8 Å². The third-order valence-electron chi connectivity index (χ3n) is 4.28. The Balaban J connectivity index is 1.43. The second-order valence-corrected chi connectivity index (χ2v) is 7.19. The number of hydrogen-bond donors (Lipinski definition) is 1. The van der Waals surface area contributed by atoms with E-state index in [0.29, 0.717) is 13.0 Å². The number of aromatic nitrogens is 1. The van der Waals surface area contributed by atoms with Crippen LogP contribution in [0, 0.1) is 0 Å². The van der Waals surface area contributed by atoms with Gasteiger partial charge in [0.25, 0.3) is 5.91 Å². The molecule has 0 radical (unpaired) electrons. The van der Waals surface area contributed by atoms with E-state index in [1.807, 2.05) is 53.9 Å². The highest BCUT2D eigenvalue weighted by atomic mass is 32.1. The number of hydrogen-bond acceptors (Lipinski definition) is 5. The molecular formula is C22H24N2O3S. The summed E-state index contributed by atoms with van der Waals surface area (Å²) < 4.78 is 10.7. The summed E-state index contributed by atoms with van der Waals surface area (Å²) >= 11 is 1.60. The lowest BCUT2D eigenvalue weighted by molar-refractivity contribution is -0.123. The van der Waals surface area contributed by atoms with Crippen molar-refractivity contribution in [1.82, 2.24) is 10.3 Å². The molecule has 6 heteroatoms. The third kappa shape index (κ3) is 5.57. The predicted molar refractivity (Wildman–Crippen MR) is 112 cm³/mol. The number of rotatable bonds is 9. The van der Waals surface area contributed by atoms with Crippen molar-refractivity contribution in [3.63, 3.8) is 0 Å². The maximum absolute atomic E-state index is 12.0. The van der Waals surface area contributed by atoms with Crippen LogP contribution in [-0.4, -0.2) is 31.2 Å². The molecular weight excluding hydrogens is 372 g/mol. The number of carbonyl (C=O) groups is 1. The Morgan fingerprint density at radius 2 is 1.96 bits per heavy atom. The molecule has 0 aliphatic heterocycles. The van der Waals surface area contributed by atoms with Gasteiger partial charge in [-0.3, -0.25) is 4.79 Å². The number of benzene rings is 2. The van der Waals surface area contributed by atoms with Gasteiger partial charge in [-0.2, -0.15) is 0 Å². The number of nitrogens with zero attached hydrogens (tertiary/aromatic N) is 1. The van der Waals surface area contributed by atoms with Crippen LogP contribution in [-0.2, 0) is 17.6 Å². The Labute approximate surface area is 169 Å². The lowest BCUT2D eigenvalue weighted by Crippen LogP contribution is -2.30. The highest BCUT2D eigenvalue weighted by Gasteiger charge is 2.07. The lowest BCUT2D eigenvalue weighted by atomic mass is 10.2. The smallest absolute Gasteiger partial charge is 0.257 e. The molecule has 0 spiro atoms. The number of amides is 1. The van der Waals surface area contributed by atoms with Gasteiger partial charge >= 0.3 is 0 Å². The van der Waals surface area contributed by atoms with E-state index in [1.54, 1.807) is 18.4 Å². The Morgan fingerprint density at radius 1 is 1.14 bits per heavy atom. The van der Waals surface area contributed by atoms with Crippen molar-refractivity contribution >= 4 is 17.2 Å². The fourth-order valence-electron chi connectivity index (χ4n) is 2.68. The topological polar surface area (TPSA) is 60.5 Å². The number of carbonyl (C=O) groups excluding carboxylic acids is 1. The van der Waals surface area contributed by atoms with Gasteiger partial charge in [0.1, 0.15) is 11.5 Å². The highest BCUT2D eigenvalue weighted by molar-refractivity contribution is 7.09. The number of methoxy groups -OCH3 is 1. The number of nitrogens with one attached hydrogen (secondary N) is 1. The van der Waals surface area contributed by atoms with Gasteiger partial charge in [-0.15, -0.1) is 11.3 Å². The van der Waals surface area contributed by atoms with Crippen LogP contribution in [0.15, 0.2) is 53.9 Å². The molecule has 0 bridgehead atoms. The molecule has 0 saturated heterocycles. The molecule has 1 aromatic heterocycles. The van der Waals surface area contributed by atoms with E-state index >= 15 is 0 Å². The van der Waals surface area contributed by atoms with Crippen molar-refractivity contribution in [2.75, 3.05) is 20.3 Å². The first-order chi connectivity index (χ1) is 13.7. The molecule has 0 fully saturated rings. The van der Waals surface area contributed by atoms with Gasteiger partial charge in [0.2, 0.25) is 0 Å². The first-order valence-corrected chi connectivity index (χ1v) is 10.1. The van der Waals surface area contributed by atoms with Crippen molar-refractivity contribution in [3.8, 4) is 22.8 Å². The molecule has 1 amide bonds. The molecule has 0 unspecified atom stereocenters. The Hall–Kier alpha value is -2.86. The molecule has 0 aliphatic carbocycles. The normalized spacial score (nSPS) is 10.5. The van der Waals surface area contributed by atoms with E-state index in [1.165, 1.54) is 5.56 Å². The minimum absolute atomic E-state index is 0.0160. The fraction of sp³-hybridized carbons (Fsp3) is 0.273. The molecule has 0 saturated carbocycles. The van der Waals surface area contributed by atoms with Crippen molar-refractivity contribution in [2.24, 2.45) is 0 Å². The van der Waals surface area contributed by atoms with Gasteiger partial charge in [-0.05, 0) is 48.4 Å². The van der Waals surface area contributed by atoms with E-state index in [-0.39, 0.29) is 12.5 Å². The Kier molecular flexibility index (Phi) is 7.03. The molecule has 0 aliphatic rings. The minimum Gasteiger partial charge on any atom is -0.497 e. The molecule has 2 aromatic carbocycles. The second-order valence-electron chi connectivity index (χ2n) is 6.24. The number of aryl methyl sites for hydroxylation is 1. The largest absolute Gasteiger partial charge is 0.497 e. The summed E-state index contributed by atoms with van der Waals surface area (Å²) in [5.74, 6) is 1.41. The summed E-state index contributed by atoms with van der Waals surface area (Å²) in [5.41, 5.74) is 3.18. The van der Waals surface area contributed by atoms with E-state index in [4.69, 9.17) is 9.47 Å². The molecule has 146 valence electrons. The van der Waals surface area contributed by atoms with Gasteiger partial charge in [0.05, 0.1) is 17.8 Å². The van der Waals surface area contributed by atoms with Gasteiger partial charge in [-0.25, -0.2) is 4.98 Å². The summed E-state index contributed by atoms with van der Waals surface area (Å²) in [4.78, 5) is 16.6. The summed E-state index contributed by atoms with van der Waals surface area (Å²) in [6.45, 7) is 2.64. The average molecular weight is 397 g/mol. The zero-order chi connectivity index (χ0) is 19.8. The van der Waals surface area contributed by atoms with Crippen LogP contribution in [0.2, 0.25) is 0 Å². The van der Waals surface area contributed by atoms with Crippen LogP contribution >= 0.6 is 11.3 Å². The molecule has 3 rings (SSSR count). The van der Waals surface area contributed by atoms with Crippen LogP contribution in [0.5, 0.6) is 11.5 Å². The average Bonchev–Trinajstić information content (AvgIpc) is 3.21. The molecule has 3 aromatic rings. The second kappa shape index (κ2) is 9.90. The van der Waals surface area contributed by atoms with Crippen LogP contribution in [0.1, 0.15) is 17.5 Å². The molecule has 5 nitrogen and oxygen atoms in total. The standard InChI is InChI=1S/C22H24N2O3S/c1-3-16-5-4-6-19(13-16)27-14-21(25)23-12-11-22-24-20(15-28-22)17-7-9-18(26-2)10-8-17/h4-10,13,15H,3,11-12,14H2,1-2H3,(H,23,25). The monoisotopic (exact) mass is 396 g/mol. The van der Waals surface area contributed by atoms with Crippen molar-refractivity contribution in [3.05, 3.63) is 64.5 Å². The molecule has 1 N–H and O–H groups in total. The van der Waals surface area contributed by atoms with E-state index in [2.05, 4.69) is 17.2 Å². The number of thiazole rings is 1. The Bertz CT molecular complexity index is 906. The minimum atomic E-state index is -0.131. The first-order valence-electron chi connectivity index (χ1n) is 9.25. The van der Waals surface area contributed by atoms with Crippen LogP contribution < -0.4 is 14.8 Å². The Morgan fingerprint density at radius 3 is 2.71 bits per heavy atom. The SMILES string of the molecule is CCc1cccc(OCC(=O)NCCc2nc(-c3ccc(OC)cc3)cs2)c1. The van der Waals surface area contributed by atoms with Crippen molar-refractivity contribution < 1.29 is 14.3 Å². The van der Waals surface area contributed by atoms with Crippen molar-refractivity contribution in [1.29, 1.82) is 0 Å². The van der Waals surface area contributed by atoms with Gasteiger partial charge in [-0.1, -0.05) is 19.1 Å². The van der Waals surface area contributed by atoms with Crippen LogP contribution in [0.25, 0.3) is 11.3 Å². The van der Waals surface area contributed by atoms with E-state index in [0.717, 1.165) is 34.2 Å². The summed E-state index contributed by atoms with van der Waals surface area (Å²) in [7, 11) is 1.65. The summed E-state index contributed by atoms with van der Waals surface area (Å²) in [6, 6.07) is 15.6. The molecule has 28 heavy (non-hydrogen) atoms. The summed E-state index contributed by atoms with van der Waals surface area (Å²) in [6.07, 6.45) is 1.63. The summed E-state index contributed by atoms with van der Waals surface area (Å²) in [5, 5.41) is 5.90. The molecule has 1 heterocycles. The predicted octanol–water partition coefficient (Wildman–Crippen LogP) is 4.12. The molecule has 0 atom stereocenters.